The zero-order valence-electron chi connectivity index (χ0n) is 16.0. The molecule has 1 aliphatic heterocycles. The summed E-state index contributed by atoms with van der Waals surface area (Å²) in [5.41, 5.74) is 0.346. The number of nitrogens with one attached hydrogen (secondary N) is 1. The van der Waals surface area contributed by atoms with Crippen molar-refractivity contribution in [3.05, 3.63) is 18.2 Å². The molecule has 150 valence electrons. The number of benzene rings is 1. The van der Waals surface area contributed by atoms with Gasteiger partial charge < -0.3 is 19.7 Å². The molecule has 2 amide bonds. The van der Waals surface area contributed by atoms with E-state index in [1.165, 1.54) is 33.3 Å². The zero-order chi connectivity index (χ0) is 19.6. The third kappa shape index (κ3) is 4.53. The van der Waals surface area contributed by atoms with Gasteiger partial charge in [-0.2, -0.15) is 0 Å². The Kier molecular flexibility index (Phi) is 5.92. The van der Waals surface area contributed by atoms with Crippen LogP contribution in [0.4, 0.5) is 10.5 Å². The highest BCUT2D eigenvalue weighted by Gasteiger charge is 2.35. The van der Waals surface area contributed by atoms with Gasteiger partial charge in [0.1, 0.15) is 5.75 Å². The summed E-state index contributed by atoms with van der Waals surface area (Å²) < 4.78 is 36.7. The van der Waals surface area contributed by atoms with E-state index < -0.39 is 10.0 Å². The van der Waals surface area contributed by atoms with Crippen LogP contribution in [0.25, 0.3) is 0 Å². The van der Waals surface area contributed by atoms with Gasteiger partial charge in [-0.3, -0.25) is 0 Å². The van der Waals surface area contributed by atoms with E-state index in [0.29, 0.717) is 30.5 Å². The summed E-state index contributed by atoms with van der Waals surface area (Å²) in [6.45, 7) is 2.06. The molecular formula is C18H27N3O5S. The Morgan fingerprint density at radius 2 is 2.04 bits per heavy atom. The molecule has 1 aliphatic carbocycles. The molecule has 1 atom stereocenters. The molecule has 27 heavy (non-hydrogen) atoms. The van der Waals surface area contributed by atoms with Crippen molar-refractivity contribution in [3.63, 3.8) is 0 Å². The van der Waals surface area contributed by atoms with Crippen LogP contribution in [0.5, 0.6) is 5.75 Å². The number of hydrogen-bond donors (Lipinski definition) is 1. The molecule has 1 N–H and O–H groups in total. The fraction of sp³-hybridized carbons (Fsp3) is 0.611. The minimum absolute atomic E-state index is 0.103. The molecule has 0 spiro atoms. The number of rotatable bonds is 7. The molecule has 2 aliphatic rings. The van der Waals surface area contributed by atoms with Crippen LogP contribution in [-0.2, 0) is 14.8 Å². The van der Waals surface area contributed by atoms with Gasteiger partial charge in [-0.05, 0) is 37.5 Å². The summed E-state index contributed by atoms with van der Waals surface area (Å²) in [6, 6.07) is 4.47. The second kappa shape index (κ2) is 8.04. The van der Waals surface area contributed by atoms with E-state index in [1.807, 2.05) is 4.90 Å². The molecule has 0 unspecified atom stereocenters. The van der Waals surface area contributed by atoms with Gasteiger partial charge in [0.15, 0.2) is 0 Å². The lowest BCUT2D eigenvalue weighted by atomic mass is 10.1. The molecular weight excluding hydrogens is 370 g/mol. The Morgan fingerprint density at radius 1 is 1.30 bits per heavy atom. The van der Waals surface area contributed by atoms with Crippen LogP contribution in [-0.4, -0.2) is 70.7 Å². The summed E-state index contributed by atoms with van der Waals surface area (Å²) in [4.78, 5) is 14.8. The Morgan fingerprint density at radius 3 is 2.59 bits per heavy atom. The monoisotopic (exact) mass is 397 g/mol. The Labute approximate surface area is 160 Å². The molecule has 1 saturated heterocycles. The van der Waals surface area contributed by atoms with Crippen LogP contribution >= 0.6 is 0 Å². The van der Waals surface area contributed by atoms with Gasteiger partial charge in [-0.1, -0.05) is 0 Å². The van der Waals surface area contributed by atoms with Gasteiger partial charge in [0.05, 0.1) is 24.3 Å². The van der Waals surface area contributed by atoms with Gasteiger partial charge in [-0.25, -0.2) is 17.5 Å². The molecule has 1 saturated carbocycles. The van der Waals surface area contributed by atoms with E-state index >= 15 is 0 Å². The quantitative estimate of drug-likeness (QED) is 0.760. The van der Waals surface area contributed by atoms with Crippen molar-refractivity contribution >= 4 is 21.7 Å². The number of amides is 2. The van der Waals surface area contributed by atoms with Crippen molar-refractivity contribution in [1.82, 2.24) is 9.21 Å². The maximum Gasteiger partial charge on any atom is 0.322 e. The number of sulfonamides is 1. The molecule has 1 aromatic rings. The van der Waals surface area contributed by atoms with Crippen LogP contribution in [0, 0.1) is 5.92 Å². The number of carbonyl (C=O) groups is 1. The number of urea groups is 1. The molecule has 0 bridgehead atoms. The van der Waals surface area contributed by atoms with Crippen LogP contribution in [0.2, 0.25) is 0 Å². The summed E-state index contributed by atoms with van der Waals surface area (Å²) in [5.74, 6) is 0.764. The smallest absolute Gasteiger partial charge is 0.322 e. The molecule has 1 heterocycles. The predicted octanol–water partition coefficient (Wildman–Crippen LogP) is 1.98. The van der Waals surface area contributed by atoms with E-state index in [2.05, 4.69) is 5.32 Å². The molecule has 3 rings (SSSR count). The van der Waals surface area contributed by atoms with Gasteiger partial charge >= 0.3 is 6.03 Å². The van der Waals surface area contributed by atoms with E-state index in [4.69, 9.17) is 9.47 Å². The second-order valence-electron chi connectivity index (χ2n) is 7.19. The van der Waals surface area contributed by atoms with Crippen LogP contribution in [0.1, 0.15) is 19.3 Å². The van der Waals surface area contributed by atoms with Crippen molar-refractivity contribution in [1.29, 1.82) is 0 Å². The fourth-order valence-electron chi connectivity index (χ4n) is 3.13. The van der Waals surface area contributed by atoms with Gasteiger partial charge in [0.2, 0.25) is 10.0 Å². The van der Waals surface area contributed by atoms with E-state index in [0.717, 1.165) is 30.2 Å². The molecule has 0 radical (unpaired) electrons. The number of methoxy groups -OCH3 is 1. The number of nitrogens with zero attached hydrogens (tertiary/aromatic N) is 2. The number of hydrogen-bond acceptors (Lipinski definition) is 5. The minimum atomic E-state index is -3.61. The standard InChI is InChI=1S/C18H27N3O5S/c1-20(2)27(23,24)15-6-7-17(25-3)16(10-15)19-18(22)21(14-4-5-14)11-13-8-9-26-12-13/h6-7,10,13-14H,4-5,8-9,11-12H2,1-3H3,(H,19,22)/t13-/m1/s1. The largest absolute Gasteiger partial charge is 0.495 e. The van der Waals surface area contributed by atoms with Gasteiger partial charge in [-0.15, -0.1) is 0 Å². The lowest BCUT2D eigenvalue weighted by Crippen LogP contribution is -2.40. The number of ether oxygens (including phenoxy) is 2. The number of carbonyl (C=O) groups excluding carboxylic acids is 1. The highest BCUT2D eigenvalue weighted by molar-refractivity contribution is 7.89. The van der Waals surface area contributed by atoms with E-state index in [1.54, 1.807) is 6.07 Å². The van der Waals surface area contributed by atoms with E-state index in [9.17, 15) is 13.2 Å². The first-order valence-corrected chi connectivity index (χ1v) is 10.5. The molecule has 0 aromatic heterocycles. The Balaban J connectivity index is 1.80. The highest BCUT2D eigenvalue weighted by atomic mass is 32.2. The van der Waals surface area contributed by atoms with Crippen LogP contribution < -0.4 is 10.1 Å². The average Bonchev–Trinajstić information content (AvgIpc) is 3.34. The first-order chi connectivity index (χ1) is 12.8. The molecule has 8 nitrogen and oxygen atoms in total. The topological polar surface area (TPSA) is 88.2 Å². The second-order valence-corrected chi connectivity index (χ2v) is 9.34. The van der Waals surface area contributed by atoms with Crippen molar-refractivity contribution in [3.8, 4) is 5.75 Å². The third-order valence-electron chi connectivity index (χ3n) is 4.92. The fourth-order valence-corrected chi connectivity index (χ4v) is 4.06. The van der Waals surface area contributed by atoms with Crippen molar-refractivity contribution < 1.29 is 22.7 Å². The minimum Gasteiger partial charge on any atom is -0.495 e. The summed E-state index contributed by atoms with van der Waals surface area (Å²) in [7, 11) is 0.816. The van der Waals surface area contributed by atoms with Crippen LogP contribution in [0.15, 0.2) is 23.1 Å². The van der Waals surface area contributed by atoms with Crippen LogP contribution in [0.3, 0.4) is 0 Å². The lowest BCUT2D eigenvalue weighted by molar-refractivity contribution is 0.167. The highest BCUT2D eigenvalue weighted by Crippen LogP contribution is 2.32. The average molecular weight is 397 g/mol. The predicted molar refractivity (Wildman–Crippen MR) is 102 cm³/mol. The Bertz CT molecular complexity index is 786. The maximum absolute atomic E-state index is 12.9. The lowest BCUT2D eigenvalue weighted by Gasteiger charge is -2.26. The first-order valence-electron chi connectivity index (χ1n) is 9.09. The Hall–Kier alpha value is -1.84. The van der Waals surface area contributed by atoms with Crippen molar-refractivity contribution in [2.45, 2.75) is 30.2 Å². The SMILES string of the molecule is COc1ccc(S(=O)(=O)N(C)C)cc1NC(=O)N(C[C@H]1CCOC1)C1CC1. The molecule has 2 fully saturated rings. The summed E-state index contributed by atoms with van der Waals surface area (Å²) >= 11 is 0. The zero-order valence-corrected chi connectivity index (χ0v) is 16.8. The normalized spacial score (nSPS) is 19.9. The van der Waals surface area contributed by atoms with E-state index in [-0.39, 0.29) is 17.0 Å². The summed E-state index contributed by atoms with van der Waals surface area (Å²) in [5, 5.41) is 2.85. The van der Waals surface area contributed by atoms with Crippen molar-refractivity contribution in [2.75, 3.05) is 46.3 Å². The number of anilines is 1. The first kappa shape index (κ1) is 19.9. The molecule has 9 heteroatoms. The van der Waals surface area contributed by atoms with Gasteiger partial charge in [0.25, 0.3) is 0 Å². The third-order valence-corrected chi connectivity index (χ3v) is 6.73. The maximum atomic E-state index is 12.9. The van der Waals surface area contributed by atoms with Gasteiger partial charge in [0, 0.05) is 39.2 Å². The van der Waals surface area contributed by atoms with Crippen molar-refractivity contribution in [2.24, 2.45) is 5.92 Å². The molecule has 1 aromatic carbocycles. The summed E-state index contributed by atoms with van der Waals surface area (Å²) in [6.07, 6.45) is 2.94.